The SMILES string of the molecule is N#Cc1cccc(-c2ccc(C3=Nc4c(-c5ccc6c7c(cccc57)-c5ccccc5-6)cc(-c5ccc6c7c(cccc57)-c5ccccc5-6)cc4C(c4ccc(-c5cccc(C#N)c5)cc4)N3)cc2)c1. The molecule has 0 bridgehead atoms. The Morgan fingerprint density at radius 2 is 0.800 bits per heavy atom. The maximum atomic E-state index is 9.72. The highest BCUT2D eigenvalue weighted by atomic mass is 15.1. The van der Waals surface area contributed by atoms with E-state index in [1.807, 2.05) is 42.5 Å². The third-order valence-corrected chi connectivity index (χ3v) is 14.7. The van der Waals surface area contributed by atoms with Gasteiger partial charge >= 0.3 is 0 Å². The van der Waals surface area contributed by atoms with Gasteiger partial charge in [0.1, 0.15) is 5.84 Å². The zero-order chi connectivity index (χ0) is 46.5. The summed E-state index contributed by atoms with van der Waals surface area (Å²) in [5.41, 5.74) is 24.0. The molecule has 0 radical (unpaired) electrons. The van der Waals surface area contributed by atoms with Gasteiger partial charge in [0, 0.05) is 16.7 Å². The fourth-order valence-electron chi connectivity index (χ4n) is 11.5. The van der Waals surface area contributed by atoms with Crippen LogP contribution in [0.25, 0.3) is 111 Å². The smallest absolute Gasteiger partial charge is 0.134 e. The van der Waals surface area contributed by atoms with E-state index in [4.69, 9.17) is 4.99 Å². The Balaban J connectivity index is 1.02. The van der Waals surface area contributed by atoms with Gasteiger partial charge in [-0.3, -0.25) is 0 Å². The first kappa shape index (κ1) is 39.5. The second kappa shape index (κ2) is 15.5. The van der Waals surface area contributed by atoms with E-state index in [1.54, 1.807) is 0 Å². The molecular weight excluding hydrogens is 849 g/mol. The van der Waals surface area contributed by atoms with Crippen molar-refractivity contribution in [3.8, 4) is 101 Å². The standard InChI is InChI=1S/C66H38N4/c67-37-39-9-5-11-45(33-39)41-21-25-43(26-22-41)64-61-36-47(48-29-31-58-51-15-3-1-13-49(51)55-18-7-17-54(48)62(55)58)35-60(53-30-32-59-52-16-4-2-14-50(52)56-19-8-20-57(53)63(56)59)65(61)70-66(69-64)44-27-23-42(24-28-44)46-12-6-10-40(34-46)38-68/h1-36,64H,(H,69,70). The second-order valence-electron chi connectivity index (χ2n) is 18.5. The molecule has 0 amide bonds. The molecular formula is C66H38N4. The van der Waals surface area contributed by atoms with E-state index in [1.165, 1.54) is 71.6 Å². The van der Waals surface area contributed by atoms with Gasteiger partial charge in [0.15, 0.2) is 0 Å². The molecule has 1 heterocycles. The van der Waals surface area contributed by atoms with Crippen LogP contribution in [0.5, 0.6) is 0 Å². The van der Waals surface area contributed by atoms with Crippen molar-refractivity contribution in [3.05, 3.63) is 246 Å². The fourth-order valence-corrected chi connectivity index (χ4v) is 11.5. The monoisotopic (exact) mass is 886 g/mol. The highest BCUT2D eigenvalue weighted by molar-refractivity contribution is 6.21. The van der Waals surface area contributed by atoms with Gasteiger partial charge in [-0.15, -0.1) is 0 Å². The van der Waals surface area contributed by atoms with Crippen LogP contribution < -0.4 is 5.32 Å². The molecule has 0 aromatic heterocycles. The van der Waals surface area contributed by atoms with Crippen LogP contribution in [0.1, 0.15) is 33.9 Å². The van der Waals surface area contributed by atoms with Crippen LogP contribution >= 0.6 is 0 Å². The zero-order valence-corrected chi connectivity index (χ0v) is 37.7. The average Bonchev–Trinajstić information content (AvgIpc) is 3.94. The maximum absolute atomic E-state index is 9.72. The highest BCUT2D eigenvalue weighted by Gasteiger charge is 2.31. The van der Waals surface area contributed by atoms with Crippen molar-refractivity contribution in [1.29, 1.82) is 10.5 Å². The molecule has 1 N–H and O–H groups in total. The van der Waals surface area contributed by atoms with Crippen molar-refractivity contribution >= 4 is 33.1 Å². The van der Waals surface area contributed by atoms with Gasteiger partial charge < -0.3 is 5.32 Å². The average molecular weight is 887 g/mol. The van der Waals surface area contributed by atoms with E-state index in [-0.39, 0.29) is 6.04 Å². The van der Waals surface area contributed by atoms with Gasteiger partial charge in [-0.2, -0.15) is 10.5 Å². The lowest BCUT2D eigenvalue weighted by Crippen LogP contribution is -2.33. The van der Waals surface area contributed by atoms with E-state index in [0.29, 0.717) is 11.1 Å². The van der Waals surface area contributed by atoms with Crippen LogP contribution in [-0.4, -0.2) is 5.84 Å². The van der Waals surface area contributed by atoms with Crippen LogP contribution in [0, 0.1) is 22.7 Å². The lowest BCUT2D eigenvalue weighted by Gasteiger charge is -2.30. The third-order valence-electron chi connectivity index (χ3n) is 14.7. The predicted molar refractivity (Wildman–Crippen MR) is 286 cm³/mol. The Morgan fingerprint density at radius 1 is 0.343 bits per heavy atom. The minimum absolute atomic E-state index is 0.283. The molecule has 2 aliphatic carbocycles. The van der Waals surface area contributed by atoms with E-state index in [0.717, 1.165) is 67.2 Å². The molecule has 11 aromatic rings. The summed E-state index contributed by atoms with van der Waals surface area (Å²) in [5.74, 6) is 0.774. The van der Waals surface area contributed by atoms with Crippen molar-refractivity contribution in [2.45, 2.75) is 6.04 Å². The second-order valence-corrected chi connectivity index (χ2v) is 18.5. The van der Waals surface area contributed by atoms with Gasteiger partial charge in [-0.25, -0.2) is 4.99 Å². The van der Waals surface area contributed by atoms with Crippen molar-refractivity contribution < 1.29 is 0 Å². The first-order valence-electron chi connectivity index (χ1n) is 23.7. The summed E-state index contributed by atoms with van der Waals surface area (Å²) in [6, 6.07) is 82.1. The molecule has 0 spiro atoms. The minimum Gasteiger partial charge on any atom is -0.359 e. The van der Waals surface area contributed by atoms with E-state index in [9.17, 15) is 10.5 Å². The van der Waals surface area contributed by atoms with Crippen LogP contribution in [0.15, 0.2) is 223 Å². The summed E-state index contributed by atoms with van der Waals surface area (Å²) in [5, 5.41) is 28.3. The molecule has 0 saturated heterocycles. The van der Waals surface area contributed by atoms with Crippen LogP contribution in [0.4, 0.5) is 5.69 Å². The summed E-state index contributed by atoms with van der Waals surface area (Å²) in [4.78, 5) is 5.68. The largest absolute Gasteiger partial charge is 0.359 e. The van der Waals surface area contributed by atoms with Crippen molar-refractivity contribution in [2.75, 3.05) is 0 Å². The number of benzene rings is 11. The molecule has 11 aromatic carbocycles. The lowest BCUT2D eigenvalue weighted by molar-refractivity contribution is 0.750. The fraction of sp³-hybridized carbons (Fsp3) is 0.0152. The Bertz CT molecular complexity index is 4110. The summed E-state index contributed by atoms with van der Waals surface area (Å²) >= 11 is 0. The van der Waals surface area contributed by atoms with Crippen molar-refractivity contribution in [1.82, 2.24) is 5.32 Å². The number of aliphatic imine (C=N–C) groups is 1. The summed E-state index contributed by atoms with van der Waals surface area (Å²) in [6.45, 7) is 0. The molecule has 0 fully saturated rings. The Morgan fingerprint density at radius 3 is 1.36 bits per heavy atom. The van der Waals surface area contributed by atoms with Crippen molar-refractivity contribution in [3.63, 3.8) is 0 Å². The summed E-state index contributed by atoms with van der Waals surface area (Å²) in [6.07, 6.45) is 0. The molecule has 4 nitrogen and oxygen atoms in total. The maximum Gasteiger partial charge on any atom is 0.134 e. The van der Waals surface area contributed by atoms with Crippen LogP contribution in [0.2, 0.25) is 0 Å². The number of fused-ring (bicyclic) bond motifs is 7. The number of nitrogens with one attached hydrogen (secondary N) is 1. The lowest BCUT2D eigenvalue weighted by atomic mass is 9.84. The molecule has 70 heavy (non-hydrogen) atoms. The number of nitrogens with zero attached hydrogens (tertiary/aromatic N) is 3. The van der Waals surface area contributed by atoms with E-state index >= 15 is 0 Å². The number of amidine groups is 1. The normalized spacial score (nSPS) is 13.5. The number of hydrogen-bond acceptors (Lipinski definition) is 4. The van der Waals surface area contributed by atoms with E-state index in [2.05, 4.69) is 193 Å². The molecule has 322 valence electrons. The molecule has 4 heteroatoms. The van der Waals surface area contributed by atoms with Crippen LogP contribution in [-0.2, 0) is 0 Å². The van der Waals surface area contributed by atoms with Crippen LogP contribution in [0.3, 0.4) is 0 Å². The first-order chi connectivity index (χ1) is 34.6. The first-order valence-corrected chi connectivity index (χ1v) is 23.7. The van der Waals surface area contributed by atoms with Gasteiger partial charge in [0.25, 0.3) is 0 Å². The van der Waals surface area contributed by atoms with E-state index < -0.39 is 0 Å². The third kappa shape index (κ3) is 6.04. The molecule has 1 aliphatic heterocycles. The Kier molecular flexibility index (Phi) is 8.74. The molecule has 3 aliphatic rings. The number of hydrogen-bond donors (Lipinski definition) is 1. The van der Waals surface area contributed by atoms with Crippen molar-refractivity contribution in [2.24, 2.45) is 4.99 Å². The van der Waals surface area contributed by atoms with Gasteiger partial charge in [0.2, 0.25) is 0 Å². The molecule has 1 unspecified atom stereocenters. The van der Waals surface area contributed by atoms with Gasteiger partial charge in [0.05, 0.1) is 35.0 Å². The molecule has 0 saturated carbocycles. The topological polar surface area (TPSA) is 72.0 Å². The highest BCUT2D eigenvalue weighted by Crippen LogP contribution is 2.54. The zero-order valence-electron chi connectivity index (χ0n) is 37.7. The molecule has 14 rings (SSSR count). The quantitative estimate of drug-likeness (QED) is 0.181. The summed E-state index contributed by atoms with van der Waals surface area (Å²) < 4.78 is 0. The number of nitriles is 2. The van der Waals surface area contributed by atoms with Gasteiger partial charge in [-0.1, -0.05) is 182 Å². The predicted octanol–water partition coefficient (Wildman–Crippen LogP) is 16.5. The Hall–Kier alpha value is -9.61. The Labute approximate surface area is 405 Å². The minimum atomic E-state index is -0.283. The summed E-state index contributed by atoms with van der Waals surface area (Å²) in [7, 11) is 0. The number of rotatable bonds is 6. The molecule has 1 atom stereocenters. The van der Waals surface area contributed by atoms with Gasteiger partial charge in [-0.05, 0) is 147 Å².